The van der Waals surface area contributed by atoms with Crippen molar-refractivity contribution < 1.29 is 14.6 Å². The fourth-order valence-corrected chi connectivity index (χ4v) is 4.32. The largest absolute Gasteiger partial charge is 0.759 e. The average Bonchev–Trinajstić information content (AvgIpc) is 3.14. The number of ether oxygens (including phenoxy) is 1. The van der Waals surface area contributed by atoms with Gasteiger partial charge in [-0.3, -0.25) is 4.79 Å². The summed E-state index contributed by atoms with van der Waals surface area (Å²) in [5.41, 5.74) is 1.22. The number of rotatable bonds is 8. The molecule has 0 bridgehead atoms. The molecular weight excluding hydrogens is 318 g/mol. The molecule has 0 amide bonds. The van der Waals surface area contributed by atoms with Gasteiger partial charge < -0.3 is 20.1 Å². The summed E-state index contributed by atoms with van der Waals surface area (Å²) in [4.78, 5) is 11.6. The predicted octanol–water partition coefficient (Wildman–Crippen LogP) is 3.02. The molecular formula is C20H26NO4-. The molecule has 0 aromatic heterocycles. The molecule has 1 aromatic rings. The van der Waals surface area contributed by atoms with E-state index in [1.165, 1.54) is 11.8 Å². The number of fused-ring (bicyclic) bond motifs is 1. The minimum absolute atomic E-state index is 0.0679. The second kappa shape index (κ2) is 8.02. The zero-order chi connectivity index (χ0) is 17.8. The van der Waals surface area contributed by atoms with Crippen LogP contribution in [0.3, 0.4) is 0 Å². The Morgan fingerprint density at radius 1 is 1.36 bits per heavy atom. The van der Waals surface area contributed by atoms with Gasteiger partial charge >= 0.3 is 5.97 Å². The molecule has 0 radical (unpaired) electrons. The molecule has 1 saturated heterocycles. The Labute approximate surface area is 148 Å². The highest BCUT2D eigenvalue weighted by atomic mass is 16.6. The molecule has 1 heterocycles. The van der Waals surface area contributed by atoms with Crippen molar-refractivity contribution in [2.75, 3.05) is 0 Å². The molecule has 1 aliphatic carbocycles. The zero-order valence-corrected chi connectivity index (χ0v) is 14.4. The fourth-order valence-electron chi connectivity index (χ4n) is 4.32. The van der Waals surface area contributed by atoms with Crippen LogP contribution in [0.2, 0.25) is 0 Å². The number of esters is 1. The van der Waals surface area contributed by atoms with Crippen LogP contribution in [0.15, 0.2) is 43.1 Å². The minimum Gasteiger partial charge on any atom is -0.759 e. The van der Waals surface area contributed by atoms with Gasteiger partial charge in [0.15, 0.2) is 0 Å². The van der Waals surface area contributed by atoms with E-state index in [9.17, 15) is 15.1 Å². The quantitative estimate of drug-likeness (QED) is 0.580. The molecule has 1 saturated carbocycles. The third-order valence-electron chi connectivity index (χ3n) is 5.63. The van der Waals surface area contributed by atoms with Gasteiger partial charge in [0, 0.05) is 18.4 Å². The maximum atomic E-state index is 12.1. The lowest BCUT2D eigenvalue weighted by Crippen LogP contribution is -2.32. The summed E-state index contributed by atoms with van der Waals surface area (Å²) in [5, 5.41) is 23.3. The normalized spacial score (nSPS) is 29.1. The molecule has 136 valence electrons. The summed E-state index contributed by atoms with van der Waals surface area (Å²) < 4.78 is 5.35. The second-order valence-corrected chi connectivity index (χ2v) is 7.16. The minimum atomic E-state index is -0.401. The van der Waals surface area contributed by atoms with Crippen molar-refractivity contribution in [3.63, 3.8) is 0 Å². The van der Waals surface area contributed by atoms with Crippen LogP contribution in [0.4, 0.5) is 0 Å². The molecule has 1 N–H and O–H groups in total. The van der Waals surface area contributed by atoms with E-state index in [0.29, 0.717) is 25.7 Å². The third-order valence-corrected chi connectivity index (χ3v) is 5.63. The van der Waals surface area contributed by atoms with E-state index >= 15 is 0 Å². The number of hydrogen-bond acceptors (Lipinski definition) is 5. The van der Waals surface area contributed by atoms with Gasteiger partial charge in [0.05, 0.1) is 12.5 Å². The van der Waals surface area contributed by atoms with Crippen LogP contribution >= 0.6 is 0 Å². The summed E-state index contributed by atoms with van der Waals surface area (Å²) in [6, 6.07) is 9.90. The van der Waals surface area contributed by atoms with Gasteiger partial charge in [0.25, 0.3) is 0 Å². The molecule has 5 heteroatoms. The summed E-state index contributed by atoms with van der Waals surface area (Å²) in [7, 11) is 0. The molecule has 0 unspecified atom stereocenters. The Morgan fingerprint density at radius 3 is 2.84 bits per heavy atom. The maximum Gasteiger partial charge on any atom is 0.306 e. The van der Waals surface area contributed by atoms with E-state index < -0.39 is 6.10 Å². The summed E-state index contributed by atoms with van der Waals surface area (Å²) >= 11 is 0. The molecule has 1 aromatic carbocycles. The summed E-state index contributed by atoms with van der Waals surface area (Å²) in [5.74, 6) is -0.00678. The number of carbonyl (C=O) groups excluding carboxylic acids is 1. The fraction of sp³-hybridized carbons (Fsp3) is 0.550. The van der Waals surface area contributed by atoms with Crippen LogP contribution < -0.4 is 0 Å². The molecule has 3 rings (SSSR count). The predicted molar refractivity (Wildman–Crippen MR) is 95.3 cm³/mol. The maximum absolute atomic E-state index is 12.1. The highest BCUT2D eigenvalue weighted by Crippen LogP contribution is 2.45. The van der Waals surface area contributed by atoms with Crippen molar-refractivity contribution >= 4 is 5.97 Å². The highest BCUT2D eigenvalue weighted by Gasteiger charge is 2.49. The van der Waals surface area contributed by atoms with Crippen molar-refractivity contribution in [2.24, 2.45) is 11.8 Å². The number of hydrogen-bond donors (Lipinski definition) is 1. The van der Waals surface area contributed by atoms with E-state index in [-0.39, 0.29) is 30.0 Å². The molecule has 5 atom stereocenters. The first-order chi connectivity index (χ1) is 12.1. The van der Waals surface area contributed by atoms with Gasteiger partial charge in [-0.25, -0.2) is 0 Å². The lowest BCUT2D eigenvalue weighted by atomic mass is 9.86. The SMILES string of the molecule is C=CN([O-])[C@@H]1C[C@@H]2OC(=O)C[C@@H]2[C@H]1CC[C@@H](O)CCc1ccccc1. The highest BCUT2D eigenvalue weighted by molar-refractivity contribution is 5.72. The van der Waals surface area contributed by atoms with Gasteiger partial charge in [-0.2, -0.15) is 0 Å². The van der Waals surface area contributed by atoms with E-state index in [4.69, 9.17) is 4.74 Å². The molecule has 1 aliphatic heterocycles. The number of nitrogens with zero attached hydrogens (tertiary/aromatic N) is 1. The van der Waals surface area contributed by atoms with Crippen LogP contribution in [0.25, 0.3) is 0 Å². The second-order valence-electron chi connectivity index (χ2n) is 7.16. The molecule has 2 aliphatic rings. The monoisotopic (exact) mass is 344 g/mol. The number of carbonyl (C=O) groups is 1. The van der Waals surface area contributed by atoms with Crippen molar-refractivity contribution in [1.29, 1.82) is 0 Å². The molecule has 5 nitrogen and oxygen atoms in total. The first kappa shape index (κ1) is 18.0. The van der Waals surface area contributed by atoms with Crippen molar-refractivity contribution in [2.45, 2.75) is 56.8 Å². The van der Waals surface area contributed by atoms with Crippen LogP contribution in [-0.2, 0) is 16.0 Å². The van der Waals surface area contributed by atoms with E-state index in [0.717, 1.165) is 17.9 Å². The Hall–Kier alpha value is -1.85. The summed E-state index contributed by atoms with van der Waals surface area (Å²) in [6.07, 6.45) is 4.60. The van der Waals surface area contributed by atoms with E-state index in [1.807, 2.05) is 18.2 Å². The van der Waals surface area contributed by atoms with Gasteiger partial charge in [0.2, 0.25) is 0 Å². The number of benzene rings is 1. The molecule has 25 heavy (non-hydrogen) atoms. The molecule has 0 spiro atoms. The Bertz CT molecular complexity index is 591. The van der Waals surface area contributed by atoms with Crippen LogP contribution in [0.1, 0.15) is 37.7 Å². The first-order valence-corrected chi connectivity index (χ1v) is 9.08. The van der Waals surface area contributed by atoms with Crippen LogP contribution in [0, 0.1) is 17.0 Å². The lowest BCUT2D eigenvalue weighted by molar-refractivity contribution is -0.141. The third kappa shape index (κ3) is 4.22. The first-order valence-electron chi connectivity index (χ1n) is 9.08. The van der Waals surface area contributed by atoms with Gasteiger partial charge in [-0.15, -0.1) is 0 Å². The topological polar surface area (TPSA) is 72.8 Å². The van der Waals surface area contributed by atoms with Crippen LogP contribution in [0.5, 0.6) is 0 Å². The lowest BCUT2D eigenvalue weighted by Gasteiger charge is -2.38. The van der Waals surface area contributed by atoms with Crippen molar-refractivity contribution in [3.05, 3.63) is 53.9 Å². The van der Waals surface area contributed by atoms with Gasteiger partial charge in [-0.05, 0) is 43.4 Å². The van der Waals surface area contributed by atoms with Gasteiger partial charge in [-0.1, -0.05) is 36.9 Å². The van der Waals surface area contributed by atoms with Crippen molar-refractivity contribution in [3.8, 4) is 0 Å². The number of aliphatic hydroxyl groups excluding tert-OH is 1. The Kier molecular flexibility index (Phi) is 5.76. The Morgan fingerprint density at radius 2 is 2.12 bits per heavy atom. The molecule has 2 fully saturated rings. The van der Waals surface area contributed by atoms with Crippen molar-refractivity contribution in [1.82, 2.24) is 5.06 Å². The summed E-state index contributed by atoms with van der Waals surface area (Å²) in [6.45, 7) is 3.56. The van der Waals surface area contributed by atoms with E-state index in [1.54, 1.807) is 0 Å². The smallest absolute Gasteiger partial charge is 0.306 e. The number of hydroxylamine groups is 2. The Balaban J connectivity index is 1.53. The number of aryl methyl sites for hydroxylation is 1. The van der Waals surface area contributed by atoms with Gasteiger partial charge in [0.1, 0.15) is 6.10 Å². The zero-order valence-electron chi connectivity index (χ0n) is 14.4. The number of aliphatic hydroxyl groups is 1. The van der Waals surface area contributed by atoms with Crippen LogP contribution in [-0.4, -0.2) is 34.4 Å². The average molecular weight is 344 g/mol. The van der Waals surface area contributed by atoms with E-state index in [2.05, 4.69) is 18.7 Å². The standard InChI is InChI=1S/C20H26NO4/c1-2-21(24)18-13-19-17(12-20(23)25-19)16(18)11-10-15(22)9-8-14-6-4-3-5-7-14/h2-7,15-19,22H,1,8-13H2/q-1/t15-,16+,17+,18+,19-/m0/s1.